The molecule has 0 saturated carbocycles. The summed E-state index contributed by atoms with van der Waals surface area (Å²) in [6, 6.07) is 6.39. The molecule has 0 unspecified atom stereocenters. The van der Waals surface area contributed by atoms with E-state index in [-0.39, 0.29) is 17.5 Å². The summed E-state index contributed by atoms with van der Waals surface area (Å²) in [5, 5.41) is 3.69. The maximum absolute atomic E-state index is 12.4. The quantitative estimate of drug-likeness (QED) is 0.919. The number of nitrogens with two attached hydrogens (primary N) is 1. The zero-order valence-corrected chi connectivity index (χ0v) is 10.6. The highest BCUT2D eigenvalue weighted by Gasteiger charge is 2.22. The summed E-state index contributed by atoms with van der Waals surface area (Å²) in [4.78, 5) is 0. The van der Waals surface area contributed by atoms with Crippen LogP contribution in [0.15, 0.2) is 28.8 Å². The van der Waals surface area contributed by atoms with Gasteiger partial charge in [-0.3, -0.25) is 0 Å². The van der Waals surface area contributed by atoms with Gasteiger partial charge in [-0.15, -0.1) is 0 Å². The summed E-state index contributed by atoms with van der Waals surface area (Å²) < 4.78 is 34.4. The van der Waals surface area contributed by atoms with Crippen LogP contribution in [0.1, 0.15) is 25.3 Å². The summed E-state index contributed by atoms with van der Waals surface area (Å²) in [6.45, 7) is 0.940. The summed E-state index contributed by atoms with van der Waals surface area (Å²) in [5.41, 5.74) is 6.84. The number of hydrogen-bond donors (Lipinski definition) is 1. The van der Waals surface area contributed by atoms with Gasteiger partial charge in [0.1, 0.15) is 5.75 Å². The Bertz CT molecular complexity index is 568. The normalized spacial score (nSPS) is 11.3. The highest BCUT2D eigenvalue weighted by molar-refractivity contribution is 5.72. The number of anilines is 1. The minimum Gasteiger partial charge on any atom is -0.434 e. The van der Waals surface area contributed by atoms with E-state index < -0.39 is 6.61 Å². The molecule has 0 radical (unpaired) electrons. The van der Waals surface area contributed by atoms with Crippen LogP contribution < -0.4 is 10.5 Å². The molecule has 4 nitrogen and oxygen atoms in total. The average molecular weight is 268 g/mol. The van der Waals surface area contributed by atoms with E-state index in [1.807, 2.05) is 13.8 Å². The third-order valence-corrected chi connectivity index (χ3v) is 2.68. The van der Waals surface area contributed by atoms with Crippen LogP contribution in [0.5, 0.6) is 5.75 Å². The maximum atomic E-state index is 12.4. The molecule has 0 aliphatic heterocycles. The molecular formula is C13H14F2N2O2. The van der Waals surface area contributed by atoms with Crippen LogP contribution in [0.2, 0.25) is 0 Å². The van der Waals surface area contributed by atoms with E-state index in [0.717, 1.165) is 0 Å². The first-order valence-corrected chi connectivity index (χ1v) is 5.80. The predicted octanol–water partition coefficient (Wildman–Crippen LogP) is 3.65. The Hall–Kier alpha value is -2.11. The summed E-state index contributed by atoms with van der Waals surface area (Å²) >= 11 is 0. The topological polar surface area (TPSA) is 61.3 Å². The lowest BCUT2D eigenvalue weighted by Crippen LogP contribution is -2.03. The Kier molecular flexibility index (Phi) is 3.69. The van der Waals surface area contributed by atoms with Gasteiger partial charge in [-0.25, -0.2) is 0 Å². The van der Waals surface area contributed by atoms with E-state index in [1.165, 1.54) is 6.07 Å². The molecule has 6 heteroatoms. The molecule has 1 heterocycles. The number of rotatable bonds is 4. The van der Waals surface area contributed by atoms with Crippen molar-refractivity contribution in [3.8, 4) is 17.1 Å². The van der Waals surface area contributed by atoms with Crippen LogP contribution in [-0.4, -0.2) is 11.8 Å². The van der Waals surface area contributed by atoms with E-state index in [4.69, 9.17) is 10.3 Å². The number of halogens is 2. The van der Waals surface area contributed by atoms with E-state index in [2.05, 4.69) is 9.89 Å². The molecule has 2 rings (SSSR count). The number of hydrogen-bond acceptors (Lipinski definition) is 4. The van der Waals surface area contributed by atoms with Gasteiger partial charge in [0.15, 0.2) is 11.6 Å². The fourth-order valence-electron chi connectivity index (χ4n) is 1.91. The van der Waals surface area contributed by atoms with Crippen LogP contribution in [0.3, 0.4) is 0 Å². The molecule has 2 N–H and O–H groups in total. The van der Waals surface area contributed by atoms with Crippen molar-refractivity contribution in [2.75, 3.05) is 5.73 Å². The van der Waals surface area contributed by atoms with Crippen molar-refractivity contribution in [1.29, 1.82) is 0 Å². The average Bonchev–Trinajstić information content (AvgIpc) is 2.71. The lowest BCUT2D eigenvalue weighted by Gasteiger charge is -2.10. The number of aromatic nitrogens is 1. The number of benzene rings is 1. The van der Waals surface area contributed by atoms with Crippen molar-refractivity contribution in [2.24, 2.45) is 0 Å². The van der Waals surface area contributed by atoms with Gasteiger partial charge in [0, 0.05) is 5.56 Å². The SMILES string of the molecule is CC(C)c1c(N)noc1-c1ccccc1OC(F)F. The standard InChI is InChI=1S/C13H14F2N2O2/c1-7(2)10-11(19-17-12(10)16)8-5-3-4-6-9(8)18-13(14)15/h3-7,13H,1-2H3,(H2,16,17). The molecule has 0 aliphatic carbocycles. The van der Waals surface area contributed by atoms with Crippen molar-refractivity contribution in [3.05, 3.63) is 29.8 Å². The first-order valence-electron chi connectivity index (χ1n) is 5.80. The minimum atomic E-state index is -2.90. The van der Waals surface area contributed by atoms with Gasteiger partial charge in [-0.1, -0.05) is 31.1 Å². The zero-order chi connectivity index (χ0) is 14.0. The third kappa shape index (κ3) is 2.67. The molecule has 19 heavy (non-hydrogen) atoms. The lowest BCUT2D eigenvalue weighted by atomic mass is 9.99. The molecular weight excluding hydrogens is 254 g/mol. The molecule has 0 spiro atoms. The zero-order valence-electron chi connectivity index (χ0n) is 10.6. The molecule has 1 aromatic heterocycles. The third-order valence-electron chi connectivity index (χ3n) is 2.68. The predicted molar refractivity (Wildman–Crippen MR) is 67.1 cm³/mol. The fourth-order valence-corrected chi connectivity index (χ4v) is 1.91. The van der Waals surface area contributed by atoms with E-state index in [1.54, 1.807) is 18.2 Å². The molecule has 0 bridgehead atoms. The van der Waals surface area contributed by atoms with Gasteiger partial charge < -0.3 is 15.0 Å². The first-order chi connectivity index (χ1) is 9.00. The van der Waals surface area contributed by atoms with E-state index >= 15 is 0 Å². The molecule has 0 fully saturated rings. The van der Waals surface area contributed by atoms with E-state index in [9.17, 15) is 8.78 Å². The van der Waals surface area contributed by atoms with Crippen LogP contribution in [0, 0.1) is 0 Å². The molecule has 0 saturated heterocycles. The second-order valence-electron chi connectivity index (χ2n) is 4.34. The van der Waals surface area contributed by atoms with Crippen molar-refractivity contribution in [3.63, 3.8) is 0 Å². The van der Waals surface area contributed by atoms with Crippen LogP contribution in [-0.2, 0) is 0 Å². The van der Waals surface area contributed by atoms with E-state index in [0.29, 0.717) is 16.9 Å². The Labute approximate surface area is 109 Å². The van der Waals surface area contributed by atoms with Crippen molar-refractivity contribution < 1.29 is 18.0 Å². The van der Waals surface area contributed by atoms with Gasteiger partial charge in [-0.05, 0) is 18.1 Å². The van der Waals surface area contributed by atoms with Crippen molar-refractivity contribution >= 4 is 5.82 Å². The van der Waals surface area contributed by atoms with Gasteiger partial charge in [0.25, 0.3) is 0 Å². The fraction of sp³-hybridized carbons (Fsp3) is 0.308. The van der Waals surface area contributed by atoms with Gasteiger partial charge in [0.2, 0.25) is 0 Å². The summed E-state index contributed by atoms with van der Waals surface area (Å²) in [6.07, 6.45) is 0. The number of nitrogens with zero attached hydrogens (tertiary/aromatic N) is 1. The Balaban J connectivity index is 2.53. The second kappa shape index (κ2) is 5.26. The number of ether oxygens (including phenoxy) is 1. The number of nitrogen functional groups attached to an aromatic ring is 1. The molecule has 0 atom stereocenters. The number of alkyl halides is 2. The van der Waals surface area contributed by atoms with Gasteiger partial charge >= 0.3 is 6.61 Å². The Morgan fingerprint density at radius 3 is 2.58 bits per heavy atom. The molecule has 2 aromatic rings. The van der Waals surface area contributed by atoms with Gasteiger partial charge in [-0.2, -0.15) is 8.78 Å². The highest BCUT2D eigenvalue weighted by Crippen LogP contribution is 2.38. The number of para-hydroxylation sites is 1. The lowest BCUT2D eigenvalue weighted by molar-refractivity contribution is -0.0495. The molecule has 1 aromatic carbocycles. The van der Waals surface area contributed by atoms with Gasteiger partial charge in [0.05, 0.1) is 5.56 Å². The van der Waals surface area contributed by atoms with Crippen molar-refractivity contribution in [2.45, 2.75) is 26.4 Å². The maximum Gasteiger partial charge on any atom is 0.387 e. The Morgan fingerprint density at radius 2 is 1.95 bits per heavy atom. The highest BCUT2D eigenvalue weighted by atomic mass is 19.3. The smallest absolute Gasteiger partial charge is 0.387 e. The monoisotopic (exact) mass is 268 g/mol. The summed E-state index contributed by atoms with van der Waals surface area (Å²) in [5.74, 6) is 0.719. The van der Waals surface area contributed by atoms with Crippen LogP contribution in [0.25, 0.3) is 11.3 Å². The second-order valence-corrected chi connectivity index (χ2v) is 4.34. The molecule has 102 valence electrons. The minimum absolute atomic E-state index is 0.0375. The summed E-state index contributed by atoms with van der Waals surface area (Å²) in [7, 11) is 0. The molecule has 0 aliphatic rings. The van der Waals surface area contributed by atoms with Crippen molar-refractivity contribution in [1.82, 2.24) is 5.16 Å². The Morgan fingerprint density at radius 1 is 1.26 bits per heavy atom. The van der Waals surface area contributed by atoms with Crippen LogP contribution in [0.4, 0.5) is 14.6 Å². The molecule has 0 amide bonds. The van der Waals surface area contributed by atoms with Crippen LogP contribution >= 0.6 is 0 Å². The largest absolute Gasteiger partial charge is 0.434 e. The first kappa shape index (κ1) is 13.3.